The van der Waals surface area contributed by atoms with E-state index in [-0.39, 0.29) is 18.7 Å². The van der Waals surface area contributed by atoms with Crippen LogP contribution in [0.25, 0.3) is 0 Å². The van der Waals surface area contributed by atoms with Crippen molar-refractivity contribution in [2.75, 3.05) is 19.9 Å². The van der Waals surface area contributed by atoms with Crippen LogP contribution in [0.15, 0.2) is 54.7 Å². The van der Waals surface area contributed by atoms with Crippen molar-refractivity contribution in [3.63, 3.8) is 0 Å². The van der Waals surface area contributed by atoms with Gasteiger partial charge in [0.1, 0.15) is 18.1 Å². The van der Waals surface area contributed by atoms with Crippen LogP contribution in [-0.2, 0) is 6.61 Å². The first-order valence-electron chi connectivity index (χ1n) is 9.04. The van der Waals surface area contributed by atoms with Gasteiger partial charge in [0.15, 0.2) is 11.5 Å². The third-order valence-corrected chi connectivity index (χ3v) is 4.83. The van der Waals surface area contributed by atoms with Crippen LogP contribution >= 0.6 is 0 Å². The molecular formula is C20H18N4O4. The summed E-state index contributed by atoms with van der Waals surface area (Å²) in [5.74, 6) is 2.05. The highest BCUT2D eigenvalue weighted by molar-refractivity contribution is 5.95. The molecule has 8 heteroatoms. The predicted molar refractivity (Wildman–Crippen MR) is 98.3 cm³/mol. The molecule has 1 fully saturated rings. The summed E-state index contributed by atoms with van der Waals surface area (Å²) < 4.78 is 18.1. The first-order valence-corrected chi connectivity index (χ1v) is 9.04. The number of likely N-dealkylation sites (tertiary alicyclic amines) is 1. The fourth-order valence-corrected chi connectivity index (χ4v) is 3.23. The van der Waals surface area contributed by atoms with Gasteiger partial charge in [0, 0.05) is 18.7 Å². The monoisotopic (exact) mass is 378 g/mol. The average Bonchev–Trinajstić information content (AvgIpc) is 3.35. The van der Waals surface area contributed by atoms with Crippen molar-refractivity contribution in [1.29, 1.82) is 0 Å². The molecular weight excluding hydrogens is 360 g/mol. The Morgan fingerprint density at radius 1 is 1.11 bits per heavy atom. The Bertz CT molecular complexity index is 998. The molecule has 5 rings (SSSR count). The number of carbonyl (C=O) groups is 1. The number of fused-ring (bicyclic) bond motifs is 1. The first-order chi connectivity index (χ1) is 13.8. The summed E-state index contributed by atoms with van der Waals surface area (Å²) in [6.45, 7) is 1.74. The maximum atomic E-state index is 12.6. The maximum Gasteiger partial charge on any atom is 0.254 e. The van der Waals surface area contributed by atoms with Gasteiger partial charge in [-0.1, -0.05) is 23.4 Å². The predicted octanol–water partition coefficient (Wildman–Crippen LogP) is 2.28. The molecule has 2 aliphatic rings. The van der Waals surface area contributed by atoms with Gasteiger partial charge in [-0.05, 0) is 30.3 Å². The zero-order valence-electron chi connectivity index (χ0n) is 15.0. The van der Waals surface area contributed by atoms with Crippen LogP contribution in [0.5, 0.6) is 17.2 Å². The Balaban J connectivity index is 1.17. The lowest BCUT2D eigenvalue weighted by Gasteiger charge is -2.38. The van der Waals surface area contributed by atoms with Crippen LogP contribution in [0.4, 0.5) is 0 Å². The number of carbonyl (C=O) groups excluding carboxylic acids is 1. The van der Waals surface area contributed by atoms with Gasteiger partial charge < -0.3 is 19.1 Å². The second-order valence-electron chi connectivity index (χ2n) is 6.72. The Labute approximate surface area is 161 Å². The molecule has 0 spiro atoms. The van der Waals surface area contributed by atoms with Gasteiger partial charge in [-0.25, -0.2) is 4.68 Å². The fourth-order valence-electron chi connectivity index (χ4n) is 3.23. The topological polar surface area (TPSA) is 78.7 Å². The third-order valence-electron chi connectivity index (χ3n) is 4.83. The normalized spacial score (nSPS) is 15.4. The summed E-state index contributed by atoms with van der Waals surface area (Å²) >= 11 is 0. The van der Waals surface area contributed by atoms with E-state index >= 15 is 0 Å². The number of para-hydroxylation sites is 1. The van der Waals surface area contributed by atoms with Crippen LogP contribution in [-0.4, -0.2) is 45.7 Å². The molecule has 0 saturated carbocycles. The maximum absolute atomic E-state index is 12.6. The summed E-state index contributed by atoms with van der Waals surface area (Å²) in [5.41, 5.74) is 1.35. The Morgan fingerprint density at radius 3 is 2.79 bits per heavy atom. The number of nitrogens with zero attached hydrogens (tertiary/aromatic N) is 4. The number of benzene rings is 2. The lowest BCUT2D eigenvalue weighted by molar-refractivity contribution is 0.0498. The summed E-state index contributed by atoms with van der Waals surface area (Å²) in [6.07, 6.45) is 1.87. The zero-order chi connectivity index (χ0) is 18.9. The van der Waals surface area contributed by atoms with Crippen molar-refractivity contribution in [3.8, 4) is 17.2 Å². The molecule has 1 aromatic heterocycles. The number of aromatic nitrogens is 3. The SMILES string of the molecule is O=C(c1ccc2c(c1)OCO2)N1CC(n2cc(COc3ccccc3)nn2)C1. The van der Waals surface area contributed by atoms with E-state index in [2.05, 4.69) is 10.3 Å². The standard InChI is InChI=1S/C20H18N4O4/c25-20(14-6-7-18-19(8-14)28-13-27-18)23-10-16(11-23)24-9-15(21-22-24)12-26-17-4-2-1-3-5-17/h1-9,16H,10-13H2. The minimum Gasteiger partial charge on any atom is -0.487 e. The van der Waals surface area contributed by atoms with Crippen molar-refractivity contribution in [2.45, 2.75) is 12.6 Å². The van der Waals surface area contributed by atoms with Crippen molar-refractivity contribution >= 4 is 5.91 Å². The van der Waals surface area contributed by atoms with Crippen molar-refractivity contribution in [1.82, 2.24) is 19.9 Å². The van der Waals surface area contributed by atoms with Gasteiger partial charge >= 0.3 is 0 Å². The van der Waals surface area contributed by atoms with Gasteiger partial charge in [0.05, 0.1) is 12.2 Å². The molecule has 0 aliphatic carbocycles. The summed E-state index contributed by atoms with van der Waals surface area (Å²) in [4.78, 5) is 14.4. The second kappa shape index (κ2) is 6.88. The van der Waals surface area contributed by atoms with Gasteiger partial charge in [-0.15, -0.1) is 5.10 Å². The molecule has 8 nitrogen and oxygen atoms in total. The zero-order valence-corrected chi connectivity index (χ0v) is 15.0. The van der Waals surface area contributed by atoms with Crippen LogP contribution < -0.4 is 14.2 Å². The lowest BCUT2D eigenvalue weighted by Crippen LogP contribution is -2.50. The largest absolute Gasteiger partial charge is 0.487 e. The molecule has 0 radical (unpaired) electrons. The Kier molecular flexibility index (Phi) is 4.08. The first kappa shape index (κ1) is 16.6. The van der Waals surface area contributed by atoms with E-state index in [1.165, 1.54) is 0 Å². The molecule has 3 aromatic rings. The highest BCUT2D eigenvalue weighted by Gasteiger charge is 2.33. The second-order valence-corrected chi connectivity index (χ2v) is 6.72. The molecule has 0 N–H and O–H groups in total. The summed E-state index contributed by atoms with van der Waals surface area (Å²) in [6, 6.07) is 15.0. The molecule has 2 aromatic carbocycles. The molecule has 0 unspecified atom stereocenters. The number of rotatable bonds is 5. The highest BCUT2D eigenvalue weighted by Crippen LogP contribution is 2.33. The smallest absolute Gasteiger partial charge is 0.254 e. The molecule has 142 valence electrons. The van der Waals surface area contributed by atoms with Crippen LogP contribution in [0.1, 0.15) is 22.1 Å². The van der Waals surface area contributed by atoms with Gasteiger partial charge in [-0.2, -0.15) is 0 Å². The van der Waals surface area contributed by atoms with Crippen LogP contribution in [0.3, 0.4) is 0 Å². The minimum atomic E-state index is -0.0256. The Morgan fingerprint density at radius 2 is 1.93 bits per heavy atom. The van der Waals surface area contributed by atoms with E-state index in [1.54, 1.807) is 27.8 Å². The van der Waals surface area contributed by atoms with E-state index in [1.807, 2.05) is 36.5 Å². The summed E-state index contributed by atoms with van der Waals surface area (Å²) in [7, 11) is 0. The number of hydrogen-bond donors (Lipinski definition) is 0. The highest BCUT2D eigenvalue weighted by atomic mass is 16.7. The molecule has 0 bridgehead atoms. The third kappa shape index (κ3) is 3.13. The number of amides is 1. The van der Waals surface area contributed by atoms with Crippen LogP contribution in [0, 0.1) is 0 Å². The van der Waals surface area contributed by atoms with E-state index in [0.29, 0.717) is 36.8 Å². The molecule has 2 aliphatic heterocycles. The van der Waals surface area contributed by atoms with Crippen molar-refractivity contribution < 1.29 is 19.0 Å². The average molecular weight is 378 g/mol. The molecule has 1 saturated heterocycles. The lowest BCUT2D eigenvalue weighted by atomic mass is 10.1. The van der Waals surface area contributed by atoms with E-state index < -0.39 is 0 Å². The van der Waals surface area contributed by atoms with Crippen molar-refractivity contribution in [2.24, 2.45) is 0 Å². The molecule has 1 amide bonds. The van der Waals surface area contributed by atoms with E-state index in [9.17, 15) is 4.79 Å². The minimum absolute atomic E-state index is 0.0256. The quantitative estimate of drug-likeness (QED) is 0.678. The number of ether oxygens (including phenoxy) is 3. The van der Waals surface area contributed by atoms with Gasteiger partial charge in [0.25, 0.3) is 5.91 Å². The fraction of sp³-hybridized carbons (Fsp3) is 0.250. The summed E-state index contributed by atoms with van der Waals surface area (Å²) in [5, 5.41) is 8.33. The van der Waals surface area contributed by atoms with E-state index in [0.717, 1.165) is 11.4 Å². The molecule has 0 atom stereocenters. The van der Waals surface area contributed by atoms with Crippen LogP contribution in [0.2, 0.25) is 0 Å². The van der Waals surface area contributed by atoms with Crippen molar-refractivity contribution in [3.05, 3.63) is 66.0 Å². The van der Waals surface area contributed by atoms with Gasteiger partial charge in [-0.3, -0.25) is 4.79 Å². The Hall–Kier alpha value is -3.55. The van der Waals surface area contributed by atoms with E-state index in [4.69, 9.17) is 14.2 Å². The molecule has 28 heavy (non-hydrogen) atoms. The molecule has 3 heterocycles. The van der Waals surface area contributed by atoms with Gasteiger partial charge in [0.2, 0.25) is 6.79 Å². The number of hydrogen-bond acceptors (Lipinski definition) is 6.